The summed E-state index contributed by atoms with van der Waals surface area (Å²) in [5, 5.41) is 8.94. The van der Waals surface area contributed by atoms with Crippen molar-refractivity contribution in [2.45, 2.75) is 0 Å². The second-order valence-corrected chi connectivity index (χ2v) is 6.51. The molecule has 6 aromatic rings. The molecule has 2 nitrogen and oxygen atoms in total. The van der Waals surface area contributed by atoms with Crippen LogP contribution in [-0.4, -0.2) is 9.38 Å². The zero-order valence-electron chi connectivity index (χ0n) is 13.5. The molecule has 0 amide bonds. The van der Waals surface area contributed by atoms with E-state index in [9.17, 15) is 0 Å². The second kappa shape index (κ2) is 4.58. The van der Waals surface area contributed by atoms with Gasteiger partial charge < -0.3 is 4.40 Å². The van der Waals surface area contributed by atoms with Crippen LogP contribution in [0.5, 0.6) is 0 Å². The standard InChI is InChI=1S/C23H14N2/c1-2-6-17-15(5-1)9-10-16-11-12-18-19-7-3-13-24-23(19)25-14-4-8-20(25)22(18)21(16)17/h1-14H. The smallest absolute Gasteiger partial charge is 0.144 e. The van der Waals surface area contributed by atoms with Crippen molar-refractivity contribution in [1.82, 2.24) is 9.38 Å². The fourth-order valence-corrected chi connectivity index (χ4v) is 4.16. The third-order valence-electron chi connectivity index (χ3n) is 5.22. The molecule has 6 rings (SSSR count). The predicted octanol–water partition coefficient (Wildman–Crippen LogP) is 5.95. The van der Waals surface area contributed by atoms with Gasteiger partial charge in [0, 0.05) is 23.2 Å². The Hall–Kier alpha value is -3.39. The van der Waals surface area contributed by atoms with Crippen molar-refractivity contribution in [3.05, 3.63) is 85.2 Å². The first kappa shape index (κ1) is 13.0. The van der Waals surface area contributed by atoms with Gasteiger partial charge in [0.25, 0.3) is 0 Å². The summed E-state index contributed by atoms with van der Waals surface area (Å²) in [6.07, 6.45) is 3.97. The maximum atomic E-state index is 4.64. The molecule has 0 saturated heterocycles. The summed E-state index contributed by atoms with van der Waals surface area (Å²) in [4.78, 5) is 4.64. The van der Waals surface area contributed by atoms with Crippen molar-refractivity contribution >= 4 is 48.9 Å². The highest BCUT2D eigenvalue weighted by Crippen LogP contribution is 2.37. The predicted molar refractivity (Wildman–Crippen MR) is 105 cm³/mol. The largest absolute Gasteiger partial charge is 0.301 e. The van der Waals surface area contributed by atoms with Crippen molar-refractivity contribution in [1.29, 1.82) is 0 Å². The summed E-state index contributed by atoms with van der Waals surface area (Å²) >= 11 is 0. The van der Waals surface area contributed by atoms with E-state index in [1.807, 2.05) is 12.3 Å². The lowest BCUT2D eigenvalue weighted by Crippen LogP contribution is -1.93. The van der Waals surface area contributed by atoms with Gasteiger partial charge in [-0.15, -0.1) is 0 Å². The van der Waals surface area contributed by atoms with Gasteiger partial charge in [0.2, 0.25) is 0 Å². The van der Waals surface area contributed by atoms with E-state index < -0.39 is 0 Å². The average molecular weight is 318 g/mol. The summed E-state index contributed by atoms with van der Waals surface area (Å²) in [5.41, 5.74) is 2.22. The molecule has 0 atom stereocenters. The van der Waals surface area contributed by atoms with Crippen LogP contribution in [0.2, 0.25) is 0 Å². The Bertz CT molecular complexity index is 1440. The number of fused-ring (bicyclic) bond motifs is 10. The van der Waals surface area contributed by atoms with E-state index in [2.05, 4.69) is 82.3 Å². The van der Waals surface area contributed by atoms with E-state index >= 15 is 0 Å². The lowest BCUT2D eigenvalue weighted by molar-refractivity contribution is 1.21. The number of pyridine rings is 2. The molecule has 116 valence electrons. The van der Waals surface area contributed by atoms with Gasteiger partial charge in [0.05, 0.1) is 5.52 Å². The Labute approximate surface area is 143 Å². The molecule has 3 heterocycles. The maximum Gasteiger partial charge on any atom is 0.144 e. The highest BCUT2D eigenvalue weighted by molar-refractivity contribution is 6.28. The van der Waals surface area contributed by atoms with Crippen molar-refractivity contribution in [2.24, 2.45) is 0 Å². The molecular formula is C23H14N2. The molecule has 0 aliphatic heterocycles. The van der Waals surface area contributed by atoms with Gasteiger partial charge in [0.15, 0.2) is 0 Å². The monoisotopic (exact) mass is 318 g/mol. The van der Waals surface area contributed by atoms with Crippen LogP contribution in [0.1, 0.15) is 0 Å². The lowest BCUT2D eigenvalue weighted by atomic mass is 9.95. The molecule has 0 bridgehead atoms. The number of hydrogen-bond acceptors (Lipinski definition) is 1. The first-order valence-corrected chi connectivity index (χ1v) is 8.50. The SMILES string of the molecule is c1ccc2c(c1)ccc1ccc3c4cccnc4n4cccc4c3c12. The minimum atomic E-state index is 1.01. The van der Waals surface area contributed by atoms with Crippen LogP contribution in [0.25, 0.3) is 48.9 Å². The van der Waals surface area contributed by atoms with E-state index in [0.29, 0.717) is 0 Å². The summed E-state index contributed by atoms with van der Waals surface area (Å²) in [6, 6.07) is 26.0. The van der Waals surface area contributed by atoms with Crippen LogP contribution in [0.4, 0.5) is 0 Å². The second-order valence-electron chi connectivity index (χ2n) is 6.51. The molecule has 2 heteroatoms. The third kappa shape index (κ3) is 1.61. The van der Waals surface area contributed by atoms with Crippen molar-refractivity contribution in [3.63, 3.8) is 0 Å². The molecule has 0 radical (unpaired) electrons. The summed E-state index contributed by atoms with van der Waals surface area (Å²) in [5.74, 6) is 0. The summed E-state index contributed by atoms with van der Waals surface area (Å²) in [7, 11) is 0. The van der Waals surface area contributed by atoms with Gasteiger partial charge in [0.1, 0.15) is 5.65 Å². The molecule has 0 aliphatic rings. The van der Waals surface area contributed by atoms with Crippen molar-refractivity contribution in [2.75, 3.05) is 0 Å². The normalized spacial score (nSPS) is 12.0. The Morgan fingerprint density at radius 3 is 2.44 bits per heavy atom. The summed E-state index contributed by atoms with van der Waals surface area (Å²) in [6.45, 7) is 0. The van der Waals surface area contributed by atoms with Gasteiger partial charge in [-0.3, -0.25) is 0 Å². The number of rotatable bonds is 0. The third-order valence-corrected chi connectivity index (χ3v) is 5.22. The molecule has 3 aromatic carbocycles. The minimum Gasteiger partial charge on any atom is -0.301 e. The Kier molecular flexibility index (Phi) is 2.37. The Morgan fingerprint density at radius 1 is 0.600 bits per heavy atom. The Morgan fingerprint density at radius 2 is 1.44 bits per heavy atom. The van der Waals surface area contributed by atoms with Crippen molar-refractivity contribution < 1.29 is 0 Å². The van der Waals surface area contributed by atoms with E-state index in [1.54, 1.807) is 0 Å². The highest BCUT2D eigenvalue weighted by Gasteiger charge is 2.13. The zero-order valence-corrected chi connectivity index (χ0v) is 13.5. The molecule has 0 spiro atoms. The average Bonchev–Trinajstić information content (AvgIpc) is 3.17. The van der Waals surface area contributed by atoms with E-state index in [-0.39, 0.29) is 0 Å². The van der Waals surface area contributed by atoms with Gasteiger partial charge >= 0.3 is 0 Å². The van der Waals surface area contributed by atoms with Crippen molar-refractivity contribution in [3.8, 4) is 0 Å². The van der Waals surface area contributed by atoms with Crippen LogP contribution < -0.4 is 0 Å². The first-order valence-electron chi connectivity index (χ1n) is 8.50. The fourth-order valence-electron chi connectivity index (χ4n) is 4.16. The maximum absolute atomic E-state index is 4.64. The minimum absolute atomic E-state index is 1.01. The number of nitrogens with zero attached hydrogens (tertiary/aromatic N) is 2. The molecule has 25 heavy (non-hydrogen) atoms. The van der Waals surface area contributed by atoms with Crippen LogP contribution >= 0.6 is 0 Å². The van der Waals surface area contributed by atoms with Gasteiger partial charge in [-0.25, -0.2) is 4.98 Å². The van der Waals surface area contributed by atoms with Gasteiger partial charge in [-0.05, 0) is 51.2 Å². The van der Waals surface area contributed by atoms with Crippen LogP contribution in [0.15, 0.2) is 85.2 Å². The topological polar surface area (TPSA) is 17.3 Å². The molecule has 0 fully saturated rings. The van der Waals surface area contributed by atoms with E-state index in [0.717, 1.165) is 5.65 Å². The van der Waals surface area contributed by atoms with Crippen LogP contribution in [-0.2, 0) is 0 Å². The van der Waals surface area contributed by atoms with Crippen LogP contribution in [0.3, 0.4) is 0 Å². The molecule has 0 saturated carbocycles. The molecule has 3 aromatic heterocycles. The van der Waals surface area contributed by atoms with Gasteiger partial charge in [-0.2, -0.15) is 0 Å². The number of hydrogen-bond donors (Lipinski definition) is 0. The fraction of sp³-hybridized carbons (Fsp3) is 0. The quantitative estimate of drug-likeness (QED) is 0.316. The number of benzene rings is 3. The zero-order chi connectivity index (χ0) is 16.4. The number of aromatic nitrogens is 2. The Balaban J connectivity index is 2.06. The summed E-state index contributed by atoms with van der Waals surface area (Å²) < 4.78 is 2.21. The molecule has 0 unspecified atom stereocenters. The first-order chi connectivity index (χ1) is 12.4. The molecular weight excluding hydrogens is 304 g/mol. The van der Waals surface area contributed by atoms with Crippen LogP contribution in [0, 0.1) is 0 Å². The molecule has 0 aliphatic carbocycles. The molecule has 0 N–H and O–H groups in total. The van der Waals surface area contributed by atoms with E-state index in [4.69, 9.17) is 0 Å². The van der Waals surface area contributed by atoms with E-state index in [1.165, 1.54) is 43.2 Å². The lowest BCUT2D eigenvalue weighted by Gasteiger charge is -2.12. The highest BCUT2D eigenvalue weighted by atomic mass is 15.0. The van der Waals surface area contributed by atoms with Gasteiger partial charge in [-0.1, -0.05) is 48.5 Å².